The second kappa shape index (κ2) is 6.93. The minimum Gasteiger partial charge on any atom is -0.469 e. The number of nitrogens with one attached hydrogen (secondary N) is 1. The summed E-state index contributed by atoms with van der Waals surface area (Å²) in [6.07, 6.45) is 2.80. The monoisotopic (exact) mass is 335 g/mol. The van der Waals surface area contributed by atoms with E-state index in [1.807, 2.05) is 12.1 Å². The van der Waals surface area contributed by atoms with Gasteiger partial charge in [-0.25, -0.2) is 0 Å². The van der Waals surface area contributed by atoms with Crippen molar-refractivity contribution < 1.29 is 9.21 Å². The van der Waals surface area contributed by atoms with E-state index in [1.165, 1.54) is 0 Å². The van der Waals surface area contributed by atoms with Gasteiger partial charge in [0, 0.05) is 23.3 Å². The summed E-state index contributed by atoms with van der Waals surface area (Å²) in [6.45, 7) is 4.24. The third-order valence-electron chi connectivity index (χ3n) is 2.50. The van der Waals surface area contributed by atoms with Crippen molar-refractivity contribution in [3.63, 3.8) is 0 Å². The predicted octanol–water partition coefficient (Wildman–Crippen LogP) is 2.79. The van der Waals surface area contributed by atoms with Gasteiger partial charge in [-0.15, -0.1) is 0 Å². The lowest BCUT2D eigenvalue weighted by atomic mass is 10.1. The van der Waals surface area contributed by atoms with E-state index in [0.29, 0.717) is 18.8 Å². The van der Waals surface area contributed by atoms with Crippen LogP contribution in [0.5, 0.6) is 0 Å². The highest BCUT2D eigenvalue weighted by atomic mass is 127. The molecule has 1 rings (SSSR count). The van der Waals surface area contributed by atoms with Crippen molar-refractivity contribution in [2.24, 2.45) is 5.92 Å². The summed E-state index contributed by atoms with van der Waals surface area (Å²) in [5.41, 5.74) is 0. The highest BCUT2D eigenvalue weighted by Crippen LogP contribution is 2.07. The topological polar surface area (TPSA) is 42.2 Å². The van der Waals surface area contributed by atoms with Crippen molar-refractivity contribution in [3.8, 4) is 0 Å². The lowest BCUT2D eigenvalue weighted by molar-refractivity contribution is -0.121. The van der Waals surface area contributed by atoms with Crippen LogP contribution in [0.25, 0.3) is 0 Å². The molecule has 1 atom stereocenters. The van der Waals surface area contributed by atoms with Gasteiger partial charge in [-0.1, -0.05) is 36.4 Å². The molecule has 0 bridgehead atoms. The number of carbonyl (C=O) groups excluding carboxylic acids is 1. The van der Waals surface area contributed by atoms with Gasteiger partial charge in [0.1, 0.15) is 5.76 Å². The zero-order valence-corrected chi connectivity index (χ0v) is 11.9. The second-order valence-corrected chi connectivity index (χ2v) is 5.03. The van der Waals surface area contributed by atoms with Crippen molar-refractivity contribution in [1.29, 1.82) is 0 Å². The lowest BCUT2D eigenvalue weighted by Crippen LogP contribution is -2.39. The Morgan fingerprint density at radius 2 is 2.31 bits per heavy atom. The summed E-state index contributed by atoms with van der Waals surface area (Å²) in [6, 6.07) is 4.00. The van der Waals surface area contributed by atoms with Crippen LogP contribution in [0.1, 0.15) is 26.0 Å². The molecule has 0 fully saturated rings. The van der Waals surface area contributed by atoms with Gasteiger partial charge in [-0.2, -0.15) is 0 Å². The maximum atomic E-state index is 11.7. The summed E-state index contributed by atoms with van der Waals surface area (Å²) < 4.78 is 6.13. The molecule has 4 heteroatoms. The standard InChI is InChI=1S/C12H18INO2/c1-9(2)11(8-13)14-12(15)6-5-10-4-3-7-16-10/h3-4,7,9,11H,5-6,8H2,1-2H3,(H,14,15). The minimum atomic E-state index is 0.103. The quantitative estimate of drug-likeness (QED) is 0.642. The second-order valence-electron chi connectivity index (χ2n) is 4.15. The molecule has 90 valence electrons. The molecule has 1 N–H and O–H groups in total. The van der Waals surface area contributed by atoms with Crippen molar-refractivity contribution >= 4 is 28.5 Å². The molecule has 0 spiro atoms. The fraction of sp³-hybridized carbons (Fsp3) is 0.583. The van der Waals surface area contributed by atoms with Crippen LogP contribution < -0.4 is 5.32 Å². The Bertz CT molecular complexity index is 309. The predicted molar refractivity (Wildman–Crippen MR) is 72.7 cm³/mol. The number of hydrogen-bond acceptors (Lipinski definition) is 2. The first-order valence-corrected chi connectivity index (χ1v) is 7.03. The number of furan rings is 1. The van der Waals surface area contributed by atoms with Gasteiger partial charge < -0.3 is 9.73 Å². The van der Waals surface area contributed by atoms with Gasteiger partial charge in [0.15, 0.2) is 0 Å². The Hall–Kier alpha value is -0.520. The van der Waals surface area contributed by atoms with E-state index in [2.05, 4.69) is 41.8 Å². The van der Waals surface area contributed by atoms with E-state index in [1.54, 1.807) is 6.26 Å². The number of halogens is 1. The molecular formula is C12H18INO2. The fourth-order valence-corrected chi connectivity index (χ4v) is 2.59. The highest BCUT2D eigenvalue weighted by Gasteiger charge is 2.14. The number of hydrogen-bond donors (Lipinski definition) is 1. The average molecular weight is 335 g/mol. The lowest BCUT2D eigenvalue weighted by Gasteiger charge is -2.19. The molecule has 3 nitrogen and oxygen atoms in total. The Morgan fingerprint density at radius 3 is 2.81 bits per heavy atom. The fourth-order valence-electron chi connectivity index (χ4n) is 1.35. The van der Waals surface area contributed by atoms with E-state index in [0.717, 1.165) is 10.2 Å². The van der Waals surface area contributed by atoms with Crippen LogP contribution in [-0.4, -0.2) is 16.4 Å². The molecule has 0 aliphatic carbocycles. The third-order valence-corrected chi connectivity index (χ3v) is 3.44. The maximum absolute atomic E-state index is 11.7. The van der Waals surface area contributed by atoms with Gasteiger partial charge in [-0.05, 0) is 18.1 Å². The van der Waals surface area contributed by atoms with Gasteiger partial charge >= 0.3 is 0 Å². The Balaban J connectivity index is 2.30. The van der Waals surface area contributed by atoms with E-state index >= 15 is 0 Å². The van der Waals surface area contributed by atoms with Gasteiger partial charge in [-0.3, -0.25) is 4.79 Å². The summed E-state index contributed by atoms with van der Waals surface area (Å²) in [5, 5.41) is 3.04. The molecule has 1 aromatic rings. The first-order valence-electron chi connectivity index (χ1n) is 5.51. The molecule has 0 aliphatic rings. The third kappa shape index (κ3) is 4.55. The molecule has 16 heavy (non-hydrogen) atoms. The van der Waals surface area contributed by atoms with Crippen LogP contribution in [0.2, 0.25) is 0 Å². The first-order chi connectivity index (χ1) is 7.63. The van der Waals surface area contributed by atoms with Gasteiger partial charge in [0.2, 0.25) is 5.91 Å². The summed E-state index contributed by atoms with van der Waals surface area (Å²) in [5.74, 6) is 1.45. The summed E-state index contributed by atoms with van der Waals surface area (Å²) in [7, 11) is 0. The van der Waals surface area contributed by atoms with E-state index in [-0.39, 0.29) is 11.9 Å². The zero-order chi connectivity index (χ0) is 12.0. The number of alkyl halides is 1. The van der Waals surface area contributed by atoms with Crippen LogP contribution in [0.4, 0.5) is 0 Å². The van der Waals surface area contributed by atoms with E-state index in [4.69, 9.17) is 4.42 Å². The molecule has 1 unspecified atom stereocenters. The van der Waals surface area contributed by atoms with Crippen LogP contribution in [0.3, 0.4) is 0 Å². The van der Waals surface area contributed by atoms with Gasteiger partial charge in [0.25, 0.3) is 0 Å². The molecule has 0 radical (unpaired) electrons. The Labute approximate surface area is 110 Å². The normalized spacial score (nSPS) is 12.8. The Kier molecular flexibility index (Phi) is 5.87. The van der Waals surface area contributed by atoms with Crippen LogP contribution >= 0.6 is 22.6 Å². The largest absolute Gasteiger partial charge is 0.469 e. The number of amides is 1. The van der Waals surface area contributed by atoms with Gasteiger partial charge in [0.05, 0.1) is 6.26 Å². The molecule has 1 aromatic heterocycles. The van der Waals surface area contributed by atoms with E-state index < -0.39 is 0 Å². The van der Waals surface area contributed by atoms with Crippen LogP contribution in [0.15, 0.2) is 22.8 Å². The van der Waals surface area contributed by atoms with Crippen molar-refractivity contribution in [2.45, 2.75) is 32.7 Å². The molecule has 0 saturated heterocycles. The molecular weight excluding hydrogens is 317 g/mol. The molecule has 0 aromatic carbocycles. The van der Waals surface area contributed by atoms with Crippen molar-refractivity contribution in [3.05, 3.63) is 24.2 Å². The maximum Gasteiger partial charge on any atom is 0.220 e. The number of carbonyl (C=O) groups is 1. The number of aryl methyl sites for hydroxylation is 1. The Morgan fingerprint density at radius 1 is 1.56 bits per heavy atom. The number of rotatable bonds is 6. The molecule has 0 aliphatic heterocycles. The molecule has 1 heterocycles. The minimum absolute atomic E-state index is 0.103. The molecule has 1 amide bonds. The molecule has 0 saturated carbocycles. The smallest absolute Gasteiger partial charge is 0.220 e. The first kappa shape index (κ1) is 13.5. The van der Waals surface area contributed by atoms with E-state index in [9.17, 15) is 4.79 Å². The highest BCUT2D eigenvalue weighted by molar-refractivity contribution is 14.1. The van der Waals surface area contributed by atoms with Crippen LogP contribution in [0, 0.1) is 5.92 Å². The average Bonchev–Trinajstić information content (AvgIpc) is 2.75. The zero-order valence-electron chi connectivity index (χ0n) is 9.70. The van der Waals surface area contributed by atoms with Crippen molar-refractivity contribution in [1.82, 2.24) is 5.32 Å². The van der Waals surface area contributed by atoms with Crippen molar-refractivity contribution in [2.75, 3.05) is 4.43 Å². The van der Waals surface area contributed by atoms with Crippen LogP contribution in [-0.2, 0) is 11.2 Å². The summed E-state index contributed by atoms with van der Waals surface area (Å²) in [4.78, 5) is 11.7. The SMILES string of the molecule is CC(C)C(CI)NC(=O)CCc1ccco1. The summed E-state index contributed by atoms with van der Waals surface area (Å²) >= 11 is 2.30.